The Labute approximate surface area is 75.3 Å². The maximum atomic E-state index is 10.5. The van der Waals surface area contributed by atoms with Gasteiger partial charge in [-0.2, -0.15) is 0 Å². The van der Waals surface area contributed by atoms with Crippen LogP contribution in [0.4, 0.5) is 0 Å². The van der Waals surface area contributed by atoms with Crippen LogP contribution in [0.25, 0.3) is 0 Å². The molecule has 0 aliphatic rings. The average molecular weight is 172 g/mol. The normalized spacial score (nSPS) is 13.1. The second-order valence-electron chi connectivity index (χ2n) is 3.88. The number of hydrogen-bond acceptors (Lipinski definition) is 2. The van der Waals surface area contributed by atoms with Crippen molar-refractivity contribution in [2.45, 2.75) is 40.5 Å². The Morgan fingerprint density at radius 2 is 1.83 bits per heavy atom. The van der Waals surface area contributed by atoms with Crippen molar-refractivity contribution in [3.63, 3.8) is 0 Å². The summed E-state index contributed by atoms with van der Waals surface area (Å²) in [6.45, 7) is 8.56. The van der Waals surface area contributed by atoms with Gasteiger partial charge in [0.1, 0.15) is 0 Å². The minimum atomic E-state index is -0.175. The molecule has 0 heterocycles. The molecule has 0 N–H and O–H groups in total. The summed E-state index contributed by atoms with van der Waals surface area (Å²) in [6, 6.07) is 0. The molecule has 0 aliphatic carbocycles. The molecule has 0 aromatic rings. The standard InChI is InChI=1S/C10H20O2/c1-8(2)5-6-9(3)7-12-10(4)11/h8-9H,5-7H2,1-4H3. The second-order valence-corrected chi connectivity index (χ2v) is 3.88. The Bertz CT molecular complexity index is 130. The van der Waals surface area contributed by atoms with Crippen LogP contribution >= 0.6 is 0 Å². The molecule has 0 fully saturated rings. The van der Waals surface area contributed by atoms with Crippen molar-refractivity contribution >= 4 is 5.97 Å². The lowest BCUT2D eigenvalue weighted by Gasteiger charge is -2.12. The Balaban J connectivity index is 3.33. The highest BCUT2D eigenvalue weighted by atomic mass is 16.5. The molecule has 0 bridgehead atoms. The van der Waals surface area contributed by atoms with Crippen molar-refractivity contribution < 1.29 is 9.53 Å². The highest BCUT2D eigenvalue weighted by Crippen LogP contribution is 2.11. The second kappa shape index (κ2) is 6.04. The Hall–Kier alpha value is -0.530. The Kier molecular flexibility index (Phi) is 5.77. The fourth-order valence-corrected chi connectivity index (χ4v) is 0.961. The first-order chi connectivity index (χ1) is 5.52. The van der Waals surface area contributed by atoms with Crippen molar-refractivity contribution in [1.82, 2.24) is 0 Å². The summed E-state index contributed by atoms with van der Waals surface area (Å²) in [4.78, 5) is 10.5. The third kappa shape index (κ3) is 7.58. The molecule has 0 aromatic heterocycles. The van der Waals surface area contributed by atoms with Crippen LogP contribution < -0.4 is 0 Å². The third-order valence-corrected chi connectivity index (χ3v) is 1.81. The van der Waals surface area contributed by atoms with E-state index in [9.17, 15) is 4.79 Å². The molecule has 0 amide bonds. The van der Waals surface area contributed by atoms with Gasteiger partial charge in [-0.3, -0.25) is 4.79 Å². The van der Waals surface area contributed by atoms with Crippen molar-refractivity contribution in [2.75, 3.05) is 6.61 Å². The summed E-state index contributed by atoms with van der Waals surface area (Å²) in [5.74, 6) is 1.06. The summed E-state index contributed by atoms with van der Waals surface area (Å²) in [7, 11) is 0. The van der Waals surface area contributed by atoms with Gasteiger partial charge < -0.3 is 4.74 Å². The van der Waals surface area contributed by atoms with Crippen LogP contribution in [0.5, 0.6) is 0 Å². The van der Waals surface area contributed by atoms with Gasteiger partial charge in [0.05, 0.1) is 6.61 Å². The van der Waals surface area contributed by atoms with Gasteiger partial charge in [0, 0.05) is 6.92 Å². The van der Waals surface area contributed by atoms with Crippen molar-refractivity contribution in [3.05, 3.63) is 0 Å². The highest BCUT2D eigenvalue weighted by Gasteiger charge is 2.05. The van der Waals surface area contributed by atoms with E-state index in [2.05, 4.69) is 20.8 Å². The quantitative estimate of drug-likeness (QED) is 0.596. The molecule has 0 spiro atoms. The molecule has 72 valence electrons. The zero-order valence-electron chi connectivity index (χ0n) is 8.59. The SMILES string of the molecule is CC(=O)OCC(C)CCC(C)C. The van der Waals surface area contributed by atoms with Gasteiger partial charge in [-0.15, -0.1) is 0 Å². The van der Waals surface area contributed by atoms with Gasteiger partial charge in [0.2, 0.25) is 0 Å². The topological polar surface area (TPSA) is 26.3 Å². The fraction of sp³-hybridized carbons (Fsp3) is 0.900. The monoisotopic (exact) mass is 172 g/mol. The van der Waals surface area contributed by atoms with Crippen LogP contribution in [0.2, 0.25) is 0 Å². The van der Waals surface area contributed by atoms with E-state index in [0.29, 0.717) is 12.5 Å². The first kappa shape index (κ1) is 11.5. The van der Waals surface area contributed by atoms with Gasteiger partial charge >= 0.3 is 5.97 Å². The minimum absolute atomic E-state index is 0.175. The maximum Gasteiger partial charge on any atom is 0.302 e. The predicted molar refractivity (Wildman–Crippen MR) is 49.9 cm³/mol. The van der Waals surface area contributed by atoms with Crippen molar-refractivity contribution in [1.29, 1.82) is 0 Å². The molecule has 0 aliphatic heterocycles. The lowest BCUT2D eigenvalue weighted by atomic mass is 10.0. The van der Waals surface area contributed by atoms with Crippen LogP contribution in [0.15, 0.2) is 0 Å². The summed E-state index contributed by atoms with van der Waals surface area (Å²) < 4.78 is 4.90. The molecule has 0 saturated heterocycles. The number of carbonyl (C=O) groups is 1. The number of rotatable bonds is 5. The molecule has 1 unspecified atom stereocenters. The summed E-state index contributed by atoms with van der Waals surface area (Å²) in [5, 5.41) is 0. The molecule has 0 rings (SSSR count). The van der Waals surface area contributed by atoms with Crippen LogP contribution in [-0.4, -0.2) is 12.6 Å². The van der Waals surface area contributed by atoms with Gasteiger partial charge in [-0.25, -0.2) is 0 Å². The minimum Gasteiger partial charge on any atom is -0.466 e. The average Bonchev–Trinajstić information content (AvgIpc) is 1.96. The molecule has 0 saturated carbocycles. The van der Waals surface area contributed by atoms with E-state index in [1.807, 2.05) is 0 Å². The number of ether oxygens (including phenoxy) is 1. The maximum absolute atomic E-state index is 10.5. The Morgan fingerprint density at radius 1 is 1.25 bits per heavy atom. The third-order valence-electron chi connectivity index (χ3n) is 1.81. The molecule has 2 heteroatoms. The number of esters is 1. The molecular formula is C10H20O2. The number of hydrogen-bond donors (Lipinski definition) is 0. The van der Waals surface area contributed by atoms with Gasteiger partial charge in [0.25, 0.3) is 0 Å². The zero-order valence-corrected chi connectivity index (χ0v) is 8.59. The summed E-state index contributed by atoms with van der Waals surface area (Å²) in [6.07, 6.45) is 2.35. The molecule has 2 nitrogen and oxygen atoms in total. The van der Waals surface area contributed by atoms with E-state index in [0.717, 1.165) is 12.3 Å². The van der Waals surface area contributed by atoms with Crippen LogP contribution in [0, 0.1) is 11.8 Å². The zero-order chi connectivity index (χ0) is 9.56. The molecule has 12 heavy (non-hydrogen) atoms. The lowest BCUT2D eigenvalue weighted by molar-refractivity contribution is -0.142. The first-order valence-corrected chi connectivity index (χ1v) is 4.65. The van der Waals surface area contributed by atoms with Crippen LogP contribution in [0.1, 0.15) is 40.5 Å². The molecule has 0 radical (unpaired) electrons. The van der Waals surface area contributed by atoms with E-state index in [4.69, 9.17) is 4.74 Å². The fourth-order valence-electron chi connectivity index (χ4n) is 0.961. The molecule has 0 aromatic carbocycles. The van der Waals surface area contributed by atoms with Gasteiger partial charge in [0.15, 0.2) is 0 Å². The smallest absolute Gasteiger partial charge is 0.302 e. The molecular weight excluding hydrogens is 152 g/mol. The highest BCUT2D eigenvalue weighted by molar-refractivity contribution is 5.65. The van der Waals surface area contributed by atoms with E-state index in [1.54, 1.807) is 0 Å². The predicted octanol–water partition coefficient (Wildman–Crippen LogP) is 2.62. The van der Waals surface area contributed by atoms with E-state index < -0.39 is 0 Å². The largest absolute Gasteiger partial charge is 0.466 e. The van der Waals surface area contributed by atoms with Gasteiger partial charge in [-0.05, 0) is 18.3 Å². The Morgan fingerprint density at radius 3 is 2.25 bits per heavy atom. The van der Waals surface area contributed by atoms with E-state index in [1.165, 1.54) is 13.3 Å². The number of carbonyl (C=O) groups excluding carboxylic acids is 1. The first-order valence-electron chi connectivity index (χ1n) is 4.65. The summed E-state index contributed by atoms with van der Waals surface area (Å²) >= 11 is 0. The van der Waals surface area contributed by atoms with Crippen LogP contribution in [0.3, 0.4) is 0 Å². The van der Waals surface area contributed by atoms with Crippen molar-refractivity contribution in [2.24, 2.45) is 11.8 Å². The molecule has 1 atom stereocenters. The lowest BCUT2D eigenvalue weighted by Crippen LogP contribution is -2.09. The van der Waals surface area contributed by atoms with E-state index >= 15 is 0 Å². The summed E-state index contributed by atoms with van der Waals surface area (Å²) in [5.41, 5.74) is 0. The van der Waals surface area contributed by atoms with E-state index in [-0.39, 0.29) is 5.97 Å². The van der Waals surface area contributed by atoms with Crippen molar-refractivity contribution in [3.8, 4) is 0 Å². The van der Waals surface area contributed by atoms with Crippen LogP contribution in [-0.2, 0) is 9.53 Å². The van der Waals surface area contributed by atoms with Gasteiger partial charge in [-0.1, -0.05) is 27.2 Å².